The Kier molecular flexibility index (Phi) is 7.81. The van der Waals surface area contributed by atoms with Crippen LogP contribution in [0, 0.1) is 0 Å². The third-order valence-corrected chi connectivity index (χ3v) is 6.27. The number of pyridine rings is 1. The molecule has 2 aromatic heterocycles. The number of hydrogen-bond donors (Lipinski definition) is 1. The molecule has 0 aliphatic heterocycles. The number of carbonyl (C=O) groups excluding carboxylic acids is 2. The highest BCUT2D eigenvalue weighted by atomic mass is 16.5. The van der Waals surface area contributed by atoms with Crippen LogP contribution in [0.3, 0.4) is 0 Å². The first kappa shape index (κ1) is 25.8. The fraction of sp³-hybridized carbons (Fsp3) is 0.321. The summed E-state index contributed by atoms with van der Waals surface area (Å²) in [5.74, 6) is -0.140. The molecule has 2 aromatic carbocycles. The minimum Gasteiger partial charge on any atom is -0.492 e. The van der Waals surface area contributed by atoms with Gasteiger partial charge in [0.25, 0.3) is 0 Å². The summed E-state index contributed by atoms with van der Waals surface area (Å²) in [4.78, 5) is 33.7. The number of amides is 2. The maximum Gasteiger partial charge on any atom is 0.249 e. The van der Waals surface area contributed by atoms with Crippen LogP contribution in [0.15, 0.2) is 73.1 Å². The van der Waals surface area contributed by atoms with Gasteiger partial charge in [-0.15, -0.1) is 5.10 Å². The molecular weight excluding hydrogens is 468 g/mol. The molecule has 2 heterocycles. The van der Waals surface area contributed by atoms with Crippen molar-refractivity contribution in [3.63, 3.8) is 0 Å². The standard InChI is InChI=1S/C28H32N6O3/c1-5-28(3,4)30-27(36)26(20-15-17-29-18-16-20)34(23-13-9-10-14-24(23)37-6-2)25(35)19-33-22-12-8-7-11-21(22)31-32-33/h7-18,26H,5-6,19H2,1-4H3,(H,30,36)/t26-/m0/s1. The molecule has 0 unspecified atom stereocenters. The Morgan fingerprint density at radius 2 is 1.73 bits per heavy atom. The molecule has 37 heavy (non-hydrogen) atoms. The summed E-state index contributed by atoms with van der Waals surface area (Å²) in [5, 5.41) is 11.5. The first-order valence-electron chi connectivity index (χ1n) is 12.4. The van der Waals surface area contributed by atoms with E-state index in [4.69, 9.17) is 4.74 Å². The Morgan fingerprint density at radius 3 is 2.46 bits per heavy atom. The molecule has 0 spiro atoms. The molecule has 1 N–H and O–H groups in total. The first-order chi connectivity index (χ1) is 17.8. The van der Waals surface area contributed by atoms with Crippen LogP contribution in [0.25, 0.3) is 11.0 Å². The average molecular weight is 501 g/mol. The molecule has 4 rings (SSSR count). The summed E-state index contributed by atoms with van der Waals surface area (Å²) in [5.41, 5.74) is 2.06. The second kappa shape index (κ2) is 11.2. The van der Waals surface area contributed by atoms with E-state index in [9.17, 15) is 9.59 Å². The van der Waals surface area contributed by atoms with Gasteiger partial charge in [-0.05, 0) is 69.2 Å². The van der Waals surface area contributed by atoms with E-state index in [0.29, 0.717) is 29.1 Å². The zero-order valence-corrected chi connectivity index (χ0v) is 21.6. The number of aromatic nitrogens is 4. The zero-order valence-electron chi connectivity index (χ0n) is 21.6. The fourth-order valence-corrected chi connectivity index (χ4v) is 4.04. The minimum absolute atomic E-state index is 0.118. The van der Waals surface area contributed by atoms with Crippen LogP contribution in [0.2, 0.25) is 0 Å². The topological polar surface area (TPSA) is 102 Å². The number of carbonyl (C=O) groups is 2. The van der Waals surface area contributed by atoms with Gasteiger partial charge < -0.3 is 10.1 Å². The number of para-hydroxylation sites is 3. The van der Waals surface area contributed by atoms with Crippen LogP contribution in [-0.2, 0) is 16.1 Å². The number of ether oxygens (including phenoxy) is 1. The smallest absolute Gasteiger partial charge is 0.249 e. The molecule has 2 amide bonds. The van der Waals surface area contributed by atoms with Gasteiger partial charge in [0.15, 0.2) is 0 Å². The van der Waals surface area contributed by atoms with Gasteiger partial charge >= 0.3 is 0 Å². The Morgan fingerprint density at radius 1 is 1.03 bits per heavy atom. The number of anilines is 1. The third-order valence-electron chi connectivity index (χ3n) is 6.27. The van der Waals surface area contributed by atoms with E-state index in [2.05, 4.69) is 20.6 Å². The Hall–Kier alpha value is -4.27. The average Bonchev–Trinajstić information content (AvgIpc) is 3.30. The quantitative estimate of drug-likeness (QED) is 0.348. The van der Waals surface area contributed by atoms with Gasteiger partial charge in [0.1, 0.15) is 23.9 Å². The normalized spacial score (nSPS) is 12.2. The zero-order chi connectivity index (χ0) is 26.4. The van der Waals surface area contributed by atoms with Crippen molar-refractivity contribution in [1.82, 2.24) is 25.3 Å². The number of nitrogens with zero attached hydrogens (tertiary/aromatic N) is 5. The number of hydrogen-bond acceptors (Lipinski definition) is 6. The highest BCUT2D eigenvalue weighted by Gasteiger charge is 2.36. The first-order valence-corrected chi connectivity index (χ1v) is 12.4. The molecule has 0 aliphatic carbocycles. The van der Waals surface area contributed by atoms with Crippen molar-refractivity contribution in [2.75, 3.05) is 11.5 Å². The van der Waals surface area contributed by atoms with Crippen molar-refractivity contribution in [3.05, 3.63) is 78.6 Å². The molecule has 0 aliphatic rings. The van der Waals surface area contributed by atoms with E-state index in [1.165, 1.54) is 4.90 Å². The van der Waals surface area contributed by atoms with Gasteiger partial charge in [0.2, 0.25) is 11.8 Å². The van der Waals surface area contributed by atoms with Crippen LogP contribution in [0.1, 0.15) is 45.7 Å². The van der Waals surface area contributed by atoms with Crippen LogP contribution in [0.5, 0.6) is 5.75 Å². The van der Waals surface area contributed by atoms with Gasteiger partial charge in [0, 0.05) is 17.9 Å². The second-order valence-corrected chi connectivity index (χ2v) is 9.31. The van der Waals surface area contributed by atoms with Gasteiger partial charge in [0.05, 0.1) is 17.8 Å². The monoisotopic (exact) mass is 500 g/mol. The van der Waals surface area contributed by atoms with Crippen LogP contribution >= 0.6 is 0 Å². The van der Waals surface area contributed by atoms with Crippen LogP contribution in [-0.4, -0.2) is 43.9 Å². The van der Waals surface area contributed by atoms with E-state index in [-0.39, 0.29) is 18.4 Å². The van der Waals surface area contributed by atoms with Crippen LogP contribution < -0.4 is 15.0 Å². The fourth-order valence-electron chi connectivity index (χ4n) is 4.04. The second-order valence-electron chi connectivity index (χ2n) is 9.31. The summed E-state index contributed by atoms with van der Waals surface area (Å²) >= 11 is 0. The Balaban J connectivity index is 1.85. The van der Waals surface area contributed by atoms with E-state index in [1.54, 1.807) is 41.3 Å². The van der Waals surface area contributed by atoms with E-state index < -0.39 is 11.6 Å². The van der Waals surface area contributed by atoms with Crippen molar-refractivity contribution in [2.45, 2.75) is 52.2 Å². The maximum absolute atomic E-state index is 14.2. The number of nitrogens with one attached hydrogen (secondary N) is 1. The van der Waals surface area contributed by atoms with Crippen molar-refractivity contribution >= 4 is 28.5 Å². The predicted molar refractivity (Wildman–Crippen MR) is 142 cm³/mol. The molecule has 0 fully saturated rings. The van der Waals surface area contributed by atoms with Crippen molar-refractivity contribution in [3.8, 4) is 5.75 Å². The van der Waals surface area contributed by atoms with Crippen LogP contribution in [0.4, 0.5) is 5.69 Å². The number of fused-ring (bicyclic) bond motifs is 1. The summed E-state index contributed by atoms with van der Waals surface area (Å²) in [7, 11) is 0. The lowest BCUT2D eigenvalue weighted by atomic mass is 9.98. The molecule has 1 atom stereocenters. The minimum atomic E-state index is -0.974. The largest absolute Gasteiger partial charge is 0.492 e. The lowest BCUT2D eigenvalue weighted by Gasteiger charge is -2.35. The SMILES string of the molecule is CCOc1ccccc1N(C(=O)Cn1nnc2ccccc21)[C@H](C(=O)NC(C)(C)CC)c1ccncc1. The third kappa shape index (κ3) is 5.77. The molecule has 9 nitrogen and oxygen atoms in total. The molecular formula is C28H32N6O3. The predicted octanol–water partition coefficient (Wildman–Crippen LogP) is 4.30. The molecule has 0 saturated carbocycles. The lowest BCUT2D eigenvalue weighted by Crippen LogP contribution is -2.51. The van der Waals surface area contributed by atoms with Gasteiger partial charge in [-0.2, -0.15) is 0 Å². The molecule has 4 aromatic rings. The Labute approximate surface area is 216 Å². The molecule has 0 bridgehead atoms. The molecule has 192 valence electrons. The summed E-state index contributed by atoms with van der Waals surface area (Å²) < 4.78 is 7.44. The van der Waals surface area contributed by atoms with E-state index in [1.807, 2.05) is 64.1 Å². The summed E-state index contributed by atoms with van der Waals surface area (Å²) in [6.45, 7) is 8.08. The van der Waals surface area contributed by atoms with Gasteiger partial charge in [-0.25, -0.2) is 4.68 Å². The Bertz CT molecular complexity index is 1370. The lowest BCUT2D eigenvalue weighted by molar-refractivity contribution is -0.128. The van der Waals surface area contributed by atoms with Crippen molar-refractivity contribution in [2.24, 2.45) is 0 Å². The van der Waals surface area contributed by atoms with Gasteiger partial charge in [-0.3, -0.25) is 19.5 Å². The van der Waals surface area contributed by atoms with E-state index >= 15 is 0 Å². The summed E-state index contributed by atoms with van der Waals surface area (Å²) in [6, 6.07) is 17.2. The van der Waals surface area contributed by atoms with Crippen molar-refractivity contribution in [1.29, 1.82) is 0 Å². The van der Waals surface area contributed by atoms with Crippen molar-refractivity contribution < 1.29 is 14.3 Å². The maximum atomic E-state index is 14.2. The summed E-state index contributed by atoms with van der Waals surface area (Å²) in [6.07, 6.45) is 3.95. The molecule has 9 heteroatoms. The highest BCUT2D eigenvalue weighted by Crippen LogP contribution is 2.35. The highest BCUT2D eigenvalue weighted by molar-refractivity contribution is 6.02. The number of rotatable bonds is 10. The molecule has 0 saturated heterocycles. The molecule has 0 radical (unpaired) electrons. The van der Waals surface area contributed by atoms with Gasteiger partial charge in [-0.1, -0.05) is 36.4 Å². The van der Waals surface area contributed by atoms with E-state index in [0.717, 1.165) is 11.9 Å². The number of benzene rings is 2.